The minimum absolute atomic E-state index is 0.119. The molecule has 28 heavy (non-hydrogen) atoms. The van der Waals surface area contributed by atoms with Crippen LogP contribution >= 0.6 is 22.9 Å². The second-order valence-electron chi connectivity index (χ2n) is 6.68. The molecule has 4 rings (SSSR count). The lowest BCUT2D eigenvalue weighted by atomic mass is 10.0. The van der Waals surface area contributed by atoms with E-state index in [2.05, 4.69) is 5.32 Å². The maximum Gasteiger partial charge on any atom is 0.253 e. The first-order valence-corrected chi connectivity index (χ1v) is 11.5. The normalized spacial score (nSPS) is 20.5. The van der Waals surface area contributed by atoms with Gasteiger partial charge in [0.25, 0.3) is 10.0 Å². The van der Waals surface area contributed by atoms with Crippen molar-refractivity contribution in [2.75, 3.05) is 23.3 Å². The third kappa shape index (κ3) is 3.43. The number of thiophene rings is 1. The van der Waals surface area contributed by atoms with Gasteiger partial charge in [-0.1, -0.05) is 30.2 Å². The molecule has 3 heterocycles. The van der Waals surface area contributed by atoms with E-state index in [4.69, 9.17) is 11.6 Å². The third-order valence-corrected chi connectivity index (χ3v) is 8.49. The average Bonchev–Trinajstić information content (AvgIpc) is 3.14. The Labute approximate surface area is 171 Å². The van der Waals surface area contributed by atoms with Gasteiger partial charge in [-0.15, -0.1) is 11.3 Å². The predicted molar refractivity (Wildman–Crippen MR) is 108 cm³/mol. The second-order valence-corrected chi connectivity index (χ2v) is 10.5. The Hall–Kier alpha value is -1.94. The third-order valence-electron chi connectivity index (χ3n) is 4.89. The molecule has 7 nitrogen and oxygen atoms in total. The standard InChI is InChI=1S/C18H18ClN3O4S2/c19-15-8-9-17(27-15)28(25,26)22-10-4-3-7-14(22)18(24)21-11-16(23)20-12-5-1-2-6-13(12)21/h1-2,5-6,8-9,14H,3-4,7,10-11H2,(H,20,23)/t14-/m0/s1. The van der Waals surface area contributed by atoms with E-state index >= 15 is 0 Å². The van der Waals surface area contributed by atoms with Gasteiger partial charge >= 0.3 is 0 Å². The molecule has 1 N–H and O–H groups in total. The molecule has 2 amide bonds. The van der Waals surface area contributed by atoms with Crippen LogP contribution < -0.4 is 10.2 Å². The van der Waals surface area contributed by atoms with Crippen LogP contribution in [-0.4, -0.2) is 43.7 Å². The summed E-state index contributed by atoms with van der Waals surface area (Å²) in [5, 5.41) is 2.74. The van der Waals surface area contributed by atoms with Gasteiger partial charge in [0.1, 0.15) is 16.8 Å². The molecule has 2 aromatic rings. The molecular weight excluding hydrogens is 422 g/mol. The van der Waals surface area contributed by atoms with E-state index in [1.54, 1.807) is 24.3 Å². The van der Waals surface area contributed by atoms with Crippen LogP contribution in [0.1, 0.15) is 19.3 Å². The summed E-state index contributed by atoms with van der Waals surface area (Å²) < 4.78 is 28.0. The molecule has 1 atom stereocenters. The van der Waals surface area contributed by atoms with Gasteiger partial charge in [0.2, 0.25) is 11.8 Å². The summed E-state index contributed by atoms with van der Waals surface area (Å²) in [6, 6.07) is 9.15. The fourth-order valence-corrected chi connectivity index (χ4v) is 6.86. The first-order valence-electron chi connectivity index (χ1n) is 8.85. The Kier molecular flexibility index (Phi) is 5.17. The highest BCUT2D eigenvalue weighted by Gasteiger charge is 2.41. The largest absolute Gasteiger partial charge is 0.323 e. The summed E-state index contributed by atoms with van der Waals surface area (Å²) in [5.41, 5.74) is 1.12. The van der Waals surface area contributed by atoms with Crippen molar-refractivity contribution in [3.8, 4) is 0 Å². The van der Waals surface area contributed by atoms with Gasteiger partial charge in [0.15, 0.2) is 0 Å². The number of rotatable bonds is 3. The molecule has 0 spiro atoms. The fourth-order valence-electron chi connectivity index (χ4n) is 3.60. The van der Waals surface area contributed by atoms with Gasteiger partial charge in [-0.25, -0.2) is 8.42 Å². The van der Waals surface area contributed by atoms with Crippen LogP contribution in [0.15, 0.2) is 40.6 Å². The van der Waals surface area contributed by atoms with E-state index in [0.717, 1.165) is 17.8 Å². The minimum atomic E-state index is -3.85. The number of fused-ring (bicyclic) bond motifs is 1. The molecule has 2 aliphatic heterocycles. The van der Waals surface area contributed by atoms with Gasteiger partial charge in [0.05, 0.1) is 15.7 Å². The first kappa shape index (κ1) is 19.4. The molecule has 1 aromatic carbocycles. The highest BCUT2D eigenvalue weighted by atomic mass is 35.5. The van der Waals surface area contributed by atoms with Gasteiger partial charge in [-0.2, -0.15) is 4.31 Å². The highest BCUT2D eigenvalue weighted by Crippen LogP contribution is 2.34. The van der Waals surface area contributed by atoms with Crippen molar-refractivity contribution in [1.29, 1.82) is 0 Å². The molecule has 1 saturated heterocycles. The van der Waals surface area contributed by atoms with Gasteiger partial charge in [-0.3, -0.25) is 14.5 Å². The molecular formula is C18H18ClN3O4S2. The Balaban J connectivity index is 1.69. The lowest BCUT2D eigenvalue weighted by Crippen LogP contribution is -2.55. The number of carbonyl (C=O) groups is 2. The monoisotopic (exact) mass is 439 g/mol. The van der Waals surface area contributed by atoms with Crippen molar-refractivity contribution in [3.63, 3.8) is 0 Å². The molecule has 0 radical (unpaired) electrons. The molecule has 148 valence electrons. The zero-order valence-corrected chi connectivity index (χ0v) is 17.2. The minimum Gasteiger partial charge on any atom is -0.323 e. The van der Waals surface area contributed by atoms with Crippen LogP contribution in [0.5, 0.6) is 0 Å². The summed E-state index contributed by atoms with van der Waals surface area (Å²) in [6.45, 7) is 0.126. The number of para-hydroxylation sites is 2. The van der Waals surface area contributed by atoms with Crippen LogP contribution in [0.2, 0.25) is 4.34 Å². The van der Waals surface area contributed by atoms with Crippen LogP contribution in [0.25, 0.3) is 0 Å². The Morgan fingerprint density at radius 3 is 2.71 bits per heavy atom. The van der Waals surface area contributed by atoms with Crippen molar-refractivity contribution >= 4 is 56.2 Å². The zero-order valence-electron chi connectivity index (χ0n) is 14.8. The van der Waals surface area contributed by atoms with Crippen molar-refractivity contribution in [3.05, 3.63) is 40.7 Å². The second kappa shape index (κ2) is 7.47. The summed E-state index contributed by atoms with van der Waals surface area (Å²) in [4.78, 5) is 26.8. The molecule has 10 heteroatoms. The molecule has 0 bridgehead atoms. The summed E-state index contributed by atoms with van der Waals surface area (Å²) in [5.74, 6) is -0.685. The Morgan fingerprint density at radius 1 is 1.18 bits per heavy atom. The van der Waals surface area contributed by atoms with Gasteiger partial charge < -0.3 is 5.32 Å². The Bertz CT molecular complexity index is 1040. The maximum absolute atomic E-state index is 13.4. The van der Waals surface area contributed by atoms with E-state index < -0.39 is 16.1 Å². The lowest BCUT2D eigenvalue weighted by Gasteiger charge is -2.38. The first-order chi connectivity index (χ1) is 13.4. The molecule has 2 aliphatic rings. The van der Waals surface area contributed by atoms with E-state index in [-0.39, 0.29) is 29.1 Å². The molecule has 1 fully saturated rings. The van der Waals surface area contributed by atoms with Crippen LogP contribution in [0.3, 0.4) is 0 Å². The number of hydrogen-bond acceptors (Lipinski definition) is 5. The molecule has 0 saturated carbocycles. The predicted octanol–water partition coefficient (Wildman–Crippen LogP) is 2.93. The van der Waals surface area contributed by atoms with Crippen molar-refractivity contribution in [1.82, 2.24) is 4.31 Å². The van der Waals surface area contributed by atoms with Crippen molar-refractivity contribution < 1.29 is 18.0 Å². The van der Waals surface area contributed by atoms with E-state index in [1.807, 2.05) is 0 Å². The number of halogens is 1. The number of anilines is 2. The van der Waals surface area contributed by atoms with E-state index in [9.17, 15) is 18.0 Å². The molecule has 0 aliphatic carbocycles. The van der Waals surface area contributed by atoms with Crippen LogP contribution in [0.4, 0.5) is 11.4 Å². The summed E-state index contributed by atoms with van der Waals surface area (Å²) in [6.07, 6.45) is 1.84. The molecule has 0 unspecified atom stereocenters. The smallest absolute Gasteiger partial charge is 0.253 e. The fraction of sp³-hybridized carbons (Fsp3) is 0.333. The van der Waals surface area contributed by atoms with E-state index in [1.165, 1.54) is 21.3 Å². The molecule has 1 aromatic heterocycles. The van der Waals surface area contributed by atoms with Crippen LogP contribution in [-0.2, 0) is 19.6 Å². The number of nitrogens with zero attached hydrogens (tertiary/aromatic N) is 2. The SMILES string of the molecule is O=C1CN(C(=O)[C@@H]2CCCCN2S(=O)(=O)c2ccc(Cl)s2)c2ccccc2N1. The van der Waals surface area contributed by atoms with Gasteiger partial charge in [-0.05, 0) is 37.1 Å². The topological polar surface area (TPSA) is 86.8 Å². The van der Waals surface area contributed by atoms with Crippen LogP contribution in [0, 0.1) is 0 Å². The number of carbonyl (C=O) groups excluding carboxylic acids is 2. The van der Waals surface area contributed by atoms with Crippen molar-refractivity contribution in [2.24, 2.45) is 0 Å². The lowest BCUT2D eigenvalue weighted by molar-refractivity contribution is -0.125. The number of piperidine rings is 1. The van der Waals surface area contributed by atoms with Gasteiger partial charge in [0, 0.05) is 6.54 Å². The number of benzene rings is 1. The zero-order chi connectivity index (χ0) is 19.9. The number of amides is 2. The highest BCUT2D eigenvalue weighted by molar-refractivity contribution is 7.91. The average molecular weight is 440 g/mol. The van der Waals surface area contributed by atoms with E-state index in [0.29, 0.717) is 28.6 Å². The summed E-state index contributed by atoms with van der Waals surface area (Å²) in [7, 11) is -3.85. The number of sulfonamides is 1. The van der Waals surface area contributed by atoms with Crippen molar-refractivity contribution in [2.45, 2.75) is 29.5 Å². The Morgan fingerprint density at radius 2 is 1.96 bits per heavy atom. The number of nitrogens with one attached hydrogen (secondary N) is 1. The number of hydrogen-bond donors (Lipinski definition) is 1. The summed E-state index contributed by atoms with van der Waals surface area (Å²) >= 11 is 6.89. The quantitative estimate of drug-likeness (QED) is 0.796. The maximum atomic E-state index is 13.4.